The second-order valence-corrected chi connectivity index (χ2v) is 10.7. The molecule has 0 amide bonds. The number of benzene rings is 3. The molecule has 31 heavy (non-hydrogen) atoms. The van der Waals surface area contributed by atoms with Crippen molar-refractivity contribution in [3.63, 3.8) is 0 Å². The number of rotatable bonds is 13. The minimum absolute atomic E-state index is 0.0847. The van der Waals surface area contributed by atoms with E-state index in [1.807, 2.05) is 18.2 Å². The van der Waals surface area contributed by atoms with Crippen molar-refractivity contribution in [1.82, 2.24) is 0 Å². The van der Waals surface area contributed by atoms with E-state index in [1.54, 1.807) is 0 Å². The van der Waals surface area contributed by atoms with Gasteiger partial charge in [0.2, 0.25) is 14.0 Å². The first-order valence-electron chi connectivity index (χ1n) is 11.1. The van der Waals surface area contributed by atoms with Crippen LogP contribution in [-0.4, -0.2) is 18.1 Å². The van der Waals surface area contributed by atoms with Gasteiger partial charge in [0.25, 0.3) is 0 Å². The molecular weight excluding hydrogens is 405 g/mol. The molecule has 0 N–H and O–H groups in total. The van der Waals surface area contributed by atoms with E-state index in [1.165, 1.54) is 15.9 Å². The zero-order chi connectivity index (χ0) is 21.8. The zero-order valence-electron chi connectivity index (χ0n) is 17.9. The lowest BCUT2D eigenvalue weighted by Crippen LogP contribution is -2.33. The van der Waals surface area contributed by atoms with Crippen molar-refractivity contribution < 1.29 is 9.45 Å². The largest absolute Gasteiger partial charge is 0.265 e. The maximum atomic E-state index is 10.4. The summed E-state index contributed by atoms with van der Waals surface area (Å²) < 4.78 is 6.87. The fraction of sp³-hybridized carbons (Fsp3) is 0.308. The highest BCUT2D eigenvalue weighted by molar-refractivity contribution is 7.91. The summed E-state index contributed by atoms with van der Waals surface area (Å²) in [5, 5.41) is 14.1. The Kier molecular flexibility index (Phi) is 9.20. The molecule has 0 unspecified atom stereocenters. The molecule has 0 atom stereocenters. The van der Waals surface area contributed by atoms with Gasteiger partial charge in [-0.05, 0) is 49.2 Å². The Morgan fingerprint density at radius 1 is 0.613 bits per heavy atom. The van der Waals surface area contributed by atoms with E-state index < -0.39 is 7.49 Å². The monoisotopic (exact) mass is 436 g/mol. The Balaban J connectivity index is 1.72. The molecule has 0 heterocycles. The summed E-state index contributed by atoms with van der Waals surface area (Å²) >= 11 is 0. The van der Waals surface area contributed by atoms with Crippen molar-refractivity contribution in [1.29, 1.82) is 0 Å². The van der Waals surface area contributed by atoms with Crippen LogP contribution in [0.25, 0.3) is 0 Å². The molecule has 0 saturated carbocycles. The quantitative estimate of drug-likeness (QED) is 0.153. The Hall–Kier alpha value is -2.55. The molecule has 3 aromatic carbocycles. The van der Waals surface area contributed by atoms with Crippen LogP contribution in [0, 0.1) is 10.1 Å². The number of unbranched alkanes of at least 4 members (excludes halogenated alkanes) is 5. The fourth-order valence-electron chi connectivity index (χ4n) is 3.84. The molecule has 0 spiro atoms. The summed E-state index contributed by atoms with van der Waals surface area (Å²) in [6.45, 7) is 0.780. The first-order chi connectivity index (χ1) is 15.2. The van der Waals surface area contributed by atoms with Crippen LogP contribution in [0.4, 0.5) is 0 Å². The highest BCUT2D eigenvalue weighted by Gasteiger charge is 2.47. The number of hydrogen-bond donors (Lipinski definition) is 0. The standard InChI is InChI=1S/C26H31NO3P/c28-27(29)22-14-3-1-2-4-15-23-30-31(24-16-8-5-9-17-24,25-18-10-6-11-19-25)26-20-12-7-13-21-26/h5-13,16-21H,1-4,14-15,22-23H2/q+1. The average Bonchev–Trinajstić information content (AvgIpc) is 2.82. The molecule has 0 bridgehead atoms. The predicted octanol–water partition coefficient (Wildman–Crippen LogP) is 5.53. The topological polar surface area (TPSA) is 52.4 Å². The molecule has 5 heteroatoms. The van der Waals surface area contributed by atoms with E-state index in [0.29, 0.717) is 13.0 Å². The minimum atomic E-state index is -2.21. The zero-order valence-corrected chi connectivity index (χ0v) is 18.8. The van der Waals surface area contributed by atoms with Gasteiger partial charge in [-0.25, -0.2) is 4.52 Å². The number of nitro groups is 1. The van der Waals surface area contributed by atoms with E-state index in [9.17, 15) is 10.1 Å². The molecule has 3 rings (SSSR count). The fourth-order valence-corrected chi connectivity index (χ4v) is 7.36. The molecule has 0 saturated heterocycles. The van der Waals surface area contributed by atoms with Gasteiger partial charge in [0.15, 0.2) is 0 Å². The van der Waals surface area contributed by atoms with Crippen molar-refractivity contribution >= 4 is 23.4 Å². The highest BCUT2D eigenvalue weighted by atomic mass is 31.2. The van der Waals surface area contributed by atoms with E-state index >= 15 is 0 Å². The molecule has 0 aliphatic heterocycles. The molecule has 4 nitrogen and oxygen atoms in total. The highest BCUT2D eigenvalue weighted by Crippen LogP contribution is 2.56. The maximum absolute atomic E-state index is 10.4. The van der Waals surface area contributed by atoms with Gasteiger partial charge in [0.05, 0.1) is 6.61 Å². The predicted molar refractivity (Wildman–Crippen MR) is 131 cm³/mol. The normalized spacial score (nSPS) is 11.4. The van der Waals surface area contributed by atoms with Gasteiger partial charge < -0.3 is 0 Å². The van der Waals surface area contributed by atoms with Gasteiger partial charge in [-0.1, -0.05) is 73.9 Å². The van der Waals surface area contributed by atoms with Gasteiger partial charge in [-0.15, -0.1) is 0 Å². The molecule has 0 aliphatic rings. The Bertz CT molecular complexity index is 807. The third-order valence-corrected chi connectivity index (χ3v) is 9.03. The van der Waals surface area contributed by atoms with Crippen LogP contribution in [0.2, 0.25) is 0 Å². The van der Waals surface area contributed by atoms with Gasteiger partial charge in [0, 0.05) is 11.3 Å². The molecule has 0 aliphatic carbocycles. The summed E-state index contributed by atoms with van der Waals surface area (Å²) in [6, 6.07) is 31.8. The van der Waals surface area contributed by atoms with Crippen molar-refractivity contribution in [3.05, 3.63) is 101 Å². The van der Waals surface area contributed by atoms with Crippen LogP contribution >= 0.6 is 7.49 Å². The van der Waals surface area contributed by atoms with E-state index in [0.717, 1.165) is 32.1 Å². The van der Waals surface area contributed by atoms with Crippen LogP contribution in [0.15, 0.2) is 91.0 Å². The second kappa shape index (κ2) is 12.3. The molecule has 3 aromatic rings. The lowest BCUT2D eigenvalue weighted by Gasteiger charge is -2.25. The average molecular weight is 437 g/mol. The molecule has 0 fully saturated rings. The third kappa shape index (κ3) is 6.46. The van der Waals surface area contributed by atoms with E-state index in [4.69, 9.17) is 4.52 Å². The van der Waals surface area contributed by atoms with Crippen LogP contribution in [0.1, 0.15) is 38.5 Å². The van der Waals surface area contributed by atoms with Crippen molar-refractivity contribution in [2.24, 2.45) is 0 Å². The van der Waals surface area contributed by atoms with Crippen LogP contribution in [0.3, 0.4) is 0 Å². The van der Waals surface area contributed by atoms with Gasteiger partial charge >= 0.3 is 0 Å². The smallest absolute Gasteiger partial charge is 0.242 e. The van der Waals surface area contributed by atoms with E-state index in [2.05, 4.69) is 72.8 Å². The maximum Gasteiger partial charge on any atom is 0.242 e. The first kappa shape index (κ1) is 23.1. The molecule has 0 radical (unpaired) electrons. The number of hydrogen-bond acceptors (Lipinski definition) is 3. The van der Waals surface area contributed by atoms with Crippen molar-refractivity contribution in [3.8, 4) is 0 Å². The summed E-state index contributed by atoms with van der Waals surface area (Å²) in [4.78, 5) is 10.2. The molecular formula is C26H31NO3P+. The molecule has 0 aromatic heterocycles. The Morgan fingerprint density at radius 2 is 1.00 bits per heavy atom. The Morgan fingerprint density at radius 3 is 1.42 bits per heavy atom. The summed E-state index contributed by atoms with van der Waals surface area (Å²) in [6.07, 6.45) is 5.81. The lowest BCUT2D eigenvalue weighted by atomic mass is 10.1. The van der Waals surface area contributed by atoms with Gasteiger partial charge in [-0.3, -0.25) is 10.1 Å². The second-order valence-electron chi connectivity index (χ2n) is 7.63. The Labute approximate surface area is 185 Å². The van der Waals surface area contributed by atoms with Crippen LogP contribution < -0.4 is 15.9 Å². The summed E-state index contributed by atoms with van der Waals surface area (Å²) in [5.41, 5.74) is 0. The lowest BCUT2D eigenvalue weighted by molar-refractivity contribution is -0.480. The van der Waals surface area contributed by atoms with Gasteiger partial charge in [-0.2, -0.15) is 0 Å². The van der Waals surface area contributed by atoms with Crippen molar-refractivity contribution in [2.45, 2.75) is 38.5 Å². The minimum Gasteiger partial charge on any atom is -0.265 e. The van der Waals surface area contributed by atoms with Crippen molar-refractivity contribution in [2.75, 3.05) is 13.2 Å². The summed E-state index contributed by atoms with van der Waals surface area (Å²) in [5.74, 6) is 0. The number of nitrogens with zero attached hydrogens (tertiary/aromatic N) is 1. The van der Waals surface area contributed by atoms with E-state index in [-0.39, 0.29) is 11.5 Å². The molecule has 162 valence electrons. The first-order valence-corrected chi connectivity index (χ1v) is 12.8. The SMILES string of the molecule is O=[N+]([O-])CCCCCCCCO[P+](c1ccccc1)(c1ccccc1)c1ccccc1. The third-order valence-electron chi connectivity index (χ3n) is 5.38. The van der Waals surface area contributed by atoms with Crippen LogP contribution in [-0.2, 0) is 4.52 Å². The summed E-state index contributed by atoms with van der Waals surface area (Å²) in [7, 11) is -2.21. The van der Waals surface area contributed by atoms with Crippen LogP contribution in [0.5, 0.6) is 0 Å². The van der Waals surface area contributed by atoms with Gasteiger partial charge in [0.1, 0.15) is 15.9 Å².